The maximum atomic E-state index is 13.0. The van der Waals surface area contributed by atoms with Gasteiger partial charge in [-0.05, 0) is 69.2 Å². The molecule has 1 aliphatic carbocycles. The molecule has 0 bridgehead atoms. The van der Waals surface area contributed by atoms with Gasteiger partial charge in [-0.25, -0.2) is 4.98 Å². The normalized spacial score (nSPS) is 13.9. The molecule has 2 heterocycles. The van der Waals surface area contributed by atoms with Crippen LogP contribution in [0.15, 0.2) is 29.3 Å². The fraction of sp³-hybridized carbons (Fsp3) is 0.417. The highest BCUT2D eigenvalue weighted by molar-refractivity contribution is 7.18. The number of nitrogens with zero attached hydrogens (tertiary/aromatic N) is 2. The van der Waals surface area contributed by atoms with E-state index < -0.39 is 17.9 Å². The second-order valence-corrected chi connectivity index (χ2v) is 9.46. The van der Waals surface area contributed by atoms with Crippen molar-refractivity contribution in [1.29, 1.82) is 0 Å². The highest BCUT2D eigenvalue weighted by Gasteiger charge is 2.20. The average Bonchev–Trinajstić information content (AvgIpc) is 3.19. The number of fused-ring (bicyclic) bond motifs is 3. The second-order valence-electron chi connectivity index (χ2n) is 8.38. The van der Waals surface area contributed by atoms with Crippen LogP contribution in [0.5, 0.6) is 5.75 Å². The van der Waals surface area contributed by atoms with Gasteiger partial charge in [0.25, 0.3) is 11.5 Å². The number of rotatable bonds is 6. The summed E-state index contributed by atoms with van der Waals surface area (Å²) in [6.07, 6.45) is 4.89. The zero-order valence-corrected chi connectivity index (χ0v) is 19.9. The first kappa shape index (κ1) is 23.0. The lowest BCUT2D eigenvalue weighted by molar-refractivity contribution is -0.132. The number of carbonyl (C=O) groups is 2. The molecule has 0 saturated carbocycles. The first-order valence-corrected chi connectivity index (χ1v) is 12.0. The van der Waals surface area contributed by atoms with Crippen molar-refractivity contribution in [3.05, 3.63) is 56.4 Å². The molecule has 8 nitrogen and oxygen atoms in total. The van der Waals surface area contributed by atoms with Gasteiger partial charge >= 0.3 is 0 Å². The number of nitrogens with one attached hydrogen (secondary N) is 2. The van der Waals surface area contributed by atoms with Crippen molar-refractivity contribution < 1.29 is 14.3 Å². The predicted octanol–water partition coefficient (Wildman–Crippen LogP) is 2.96. The van der Waals surface area contributed by atoms with E-state index in [9.17, 15) is 14.4 Å². The first-order chi connectivity index (χ1) is 15.8. The molecular formula is C24H28N4O4S. The van der Waals surface area contributed by atoms with Gasteiger partial charge in [0.2, 0.25) is 5.91 Å². The number of aryl methyl sites for hydroxylation is 4. The number of thiophene rings is 1. The Kier molecular flexibility index (Phi) is 6.78. The number of amides is 2. The Morgan fingerprint density at radius 3 is 2.82 bits per heavy atom. The summed E-state index contributed by atoms with van der Waals surface area (Å²) < 4.78 is 7.20. The van der Waals surface area contributed by atoms with Gasteiger partial charge in [-0.2, -0.15) is 0 Å². The monoisotopic (exact) mass is 468 g/mol. The summed E-state index contributed by atoms with van der Waals surface area (Å²) in [5.74, 6) is -0.238. The molecule has 33 heavy (non-hydrogen) atoms. The van der Waals surface area contributed by atoms with Gasteiger partial charge in [-0.15, -0.1) is 11.3 Å². The molecule has 1 aliphatic rings. The van der Waals surface area contributed by atoms with E-state index in [2.05, 4.69) is 15.8 Å². The summed E-state index contributed by atoms with van der Waals surface area (Å²) in [6.45, 7) is 5.70. The molecule has 0 saturated heterocycles. The number of hydrogen-bond acceptors (Lipinski definition) is 6. The van der Waals surface area contributed by atoms with E-state index in [0.29, 0.717) is 11.1 Å². The minimum atomic E-state index is -0.787. The fourth-order valence-corrected chi connectivity index (χ4v) is 5.17. The highest BCUT2D eigenvalue weighted by atomic mass is 32.1. The Labute approximate surface area is 196 Å². The molecule has 1 atom stereocenters. The first-order valence-electron chi connectivity index (χ1n) is 11.2. The van der Waals surface area contributed by atoms with E-state index in [4.69, 9.17) is 4.74 Å². The zero-order valence-electron chi connectivity index (χ0n) is 19.1. The molecule has 1 unspecified atom stereocenters. The van der Waals surface area contributed by atoms with Gasteiger partial charge in [0.05, 0.1) is 11.7 Å². The van der Waals surface area contributed by atoms with Crippen LogP contribution in [-0.2, 0) is 29.0 Å². The van der Waals surface area contributed by atoms with E-state index in [0.717, 1.165) is 47.2 Å². The van der Waals surface area contributed by atoms with Crippen molar-refractivity contribution in [2.75, 3.05) is 0 Å². The number of carbonyl (C=O) groups excluding carboxylic acids is 2. The summed E-state index contributed by atoms with van der Waals surface area (Å²) in [5.41, 5.74) is 7.84. The molecule has 0 fully saturated rings. The van der Waals surface area contributed by atoms with E-state index in [1.165, 1.54) is 15.8 Å². The topological polar surface area (TPSA) is 102 Å². The average molecular weight is 469 g/mol. The number of hydrogen-bond donors (Lipinski definition) is 2. The SMILES string of the molecule is Cc1cccc(OC(C)C(=O)NNC(=O)CCn2cnc3sc4c(c3c2=O)CCCC4)c1C. The molecule has 0 spiro atoms. The van der Waals surface area contributed by atoms with Gasteiger partial charge in [0.1, 0.15) is 10.6 Å². The molecule has 2 N–H and O–H groups in total. The maximum Gasteiger partial charge on any atom is 0.279 e. The standard InChI is InChI=1S/C24H28N4O4S/c1-14-7-6-9-18(15(14)2)32-16(3)22(30)27-26-20(29)11-12-28-13-25-23-21(24(28)31)17-8-4-5-10-19(17)33-23/h6-7,9,13,16H,4-5,8,10-12H2,1-3H3,(H,26,29)(H,27,30). The lowest BCUT2D eigenvalue weighted by Crippen LogP contribution is -2.47. The molecule has 4 rings (SSSR count). The smallest absolute Gasteiger partial charge is 0.279 e. The van der Waals surface area contributed by atoms with Crippen LogP contribution in [0.3, 0.4) is 0 Å². The molecule has 3 aromatic rings. The van der Waals surface area contributed by atoms with Crippen LogP contribution in [0.2, 0.25) is 0 Å². The fourth-order valence-electron chi connectivity index (χ4n) is 3.95. The minimum absolute atomic E-state index is 0.0337. The lowest BCUT2D eigenvalue weighted by atomic mass is 9.97. The molecule has 0 radical (unpaired) electrons. The van der Waals surface area contributed by atoms with E-state index in [-0.39, 0.29) is 18.5 Å². The third-order valence-electron chi connectivity index (χ3n) is 6.07. The van der Waals surface area contributed by atoms with E-state index >= 15 is 0 Å². The van der Waals surface area contributed by atoms with E-state index in [1.807, 2.05) is 26.0 Å². The van der Waals surface area contributed by atoms with Crippen LogP contribution >= 0.6 is 11.3 Å². The molecule has 2 amide bonds. The van der Waals surface area contributed by atoms with Crippen molar-refractivity contribution in [1.82, 2.24) is 20.4 Å². The van der Waals surface area contributed by atoms with Crippen LogP contribution in [0.1, 0.15) is 47.8 Å². The number of aromatic nitrogens is 2. The van der Waals surface area contributed by atoms with Crippen molar-refractivity contribution in [2.24, 2.45) is 0 Å². The lowest BCUT2D eigenvalue weighted by Gasteiger charge is -2.17. The Morgan fingerprint density at radius 2 is 2.00 bits per heavy atom. The number of ether oxygens (including phenoxy) is 1. The third kappa shape index (κ3) is 4.93. The highest BCUT2D eigenvalue weighted by Crippen LogP contribution is 2.33. The maximum absolute atomic E-state index is 13.0. The Balaban J connectivity index is 1.32. The van der Waals surface area contributed by atoms with Gasteiger partial charge in [0, 0.05) is 17.8 Å². The van der Waals surface area contributed by atoms with Crippen LogP contribution in [0.25, 0.3) is 10.2 Å². The zero-order chi connectivity index (χ0) is 23.5. The molecule has 0 aliphatic heterocycles. The van der Waals surface area contributed by atoms with Crippen molar-refractivity contribution in [2.45, 2.75) is 65.5 Å². The molecule has 2 aromatic heterocycles. The predicted molar refractivity (Wildman–Crippen MR) is 127 cm³/mol. The summed E-state index contributed by atoms with van der Waals surface area (Å²) in [6, 6.07) is 5.64. The van der Waals surface area contributed by atoms with Gasteiger partial charge in [0.15, 0.2) is 6.10 Å². The van der Waals surface area contributed by atoms with Crippen molar-refractivity contribution >= 4 is 33.4 Å². The molecular weight excluding hydrogens is 440 g/mol. The van der Waals surface area contributed by atoms with Crippen molar-refractivity contribution in [3.63, 3.8) is 0 Å². The van der Waals surface area contributed by atoms with Crippen molar-refractivity contribution in [3.8, 4) is 5.75 Å². The largest absolute Gasteiger partial charge is 0.481 e. The number of hydrazine groups is 1. The van der Waals surface area contributed by atoms with Crippen LogP contribution in [0.4, 0.5) is 0 Å². The van der Waals surface area contributed by atoms with E-state index in [1.54, 1.807) is 24.3 Å². The second kappa shape index (κ2) is 9.74. The van der Waals surface area contributed by atoms with Gasteiger partial charge in [-0.1, -0.05) is 12.1 Å². The minimum Gasteiger partial charge on any atom is -0.481 e. The summed E-state index contributed by atoms with van der Waals surface area (Å²) >= 11 is 1.60. The Bertz CT molecular complexity index is 1260. The third-order valence-corrected chi connectivity index (χ3v) is 7.27. The molecule has 9 heteroatoms. The summed E-state index contributed by atoms with van der Waals surface area (Å²) in [7, 11) is 0. The summed E-state index contributed by atoms with van der Waals surface area (Å²) in [5, 5.41) is 0.698. The van der Waals surface area contributed by atoms with Crippen LogP contribution in [0, 0.1) is 13.8 Å². The Morgan fingerprint density at radius 1 is 1.21 bits per heavy atom. The molecule has 1 aromatic carbocycles. The van der Waals surface area contributed by atoms with Gasteiger partial charge < -0.3 is 4.74 Å². The quantitative estimate of drug-likeness (QED) is 0.542. The number of benzene rings is 1. The van der Waals surface area contributed by atoms with Crippen LogP contribution < -0.4 is 21.1 Å². The Hall–Kier alpha value is -3.20. The summed E-state index contributed by atoms with van der Waals surface area (Å²) in [4.78, 5) is 44.0. The van der Waals surface area contributed by atoms with Gasteiger partial charge in [-0.3, -0.25) is 29.8 Å². The van der Waals surface area contributed by atoms with Crippen LogP contribution in [-0.4, -0.2) is 27.5 Å². The molecule has 174 valence electrons.